The molecule has 0 aliphatic rings. The molecule has 59 heavy (non-hydrogen) atoms. The summed E-state index contributed by atoms with van der Waals surface area (Å²) in [4.78, 5) is 0. The first-order valence-electron chi connectivity index (χ1n) is 20.1. The summed E-state index contributed by atoms with van der Waals surface area (Å²) in [6.07, 6.45) is 0. The van der Waals surface area contributed by atoms with Crippen molar-refractivity contribution in [1.82, 2.24) is 13.7 Å². The van der Waals surface area contributed by atoms with Gasteiger partial charge in [-0.2, -0.15) is 0 Å². The molecule has 278 valence electrons. The van der Waals surface area contributed by atoms with Crippen LogP contribution in [0, 0.1) is 0 Å². The summed E-state index contributed by atoms with van der Waals surface area (Å²) in [5, 5.41) is 9.33. The minimum atomic E-state index is -3.50. The van der Waals surface area contributed by atoms with Crippen LogP contribution < -0.4 is 15.9 Å². The van der Waals surface area contributed by atoms with Gasteiger partial charge in [-0.25, -0.2) is 0 Å². The topological polar surface area (TPSA) is 31.9 Å². The standard InChI is InChI=1S/C54H36N3OP/c58-59(37-19-3-1-4-20-37,38-21-5-2-6-22-38)39-35-52(55-46-29-13-7-23-40(46)41-24-8-14-30-47(41)55)54(57-50-33-17-11-27-44(50)45-28-12-18-34-51(45)57)53(36-39)56-48-31-15-9-25-42(48)43-26-10-16-32-49(43)56/h1-36H. The third-order valence-corrected chi connectivity index (χ3v) is 15.1. The van der Waals surface area contributed by atoms with E-state index in [-0.39, 0.29) is 0 Å². The molecule has 3 aromatic heterocycles. The first-order valence-corrected chi connectivity index (χ1v) is 21.8. The van der Waals surface area contributed by atoms with Crippen molar-refractivity contribution >= 4 is 88.5 Å². The Hall–Kier alpha value is -7.39. The van der Waals surface area contributed by atoms with Crippen molar-refractivity contribution in [3.8, 4) is 17.1 Å². The quantitative estimate of drug-likeness (QED) is 0.155. The van der Waals surface area contributed by atoms with Gasteiger partial charge in [0.2, 0.25) is 0 Å². The zero-order valence-corrected chi connectivity index (χ0v) is 32.9. The summed E-state index contributed by atoms with van der Waals surface area (Å²) in [5.74, 6) is 0. The normalized spacial score (nSPS) is 12.1. The van der Waals surface area contributed by atoms with Gasteiger partial charge in [-0.15, -0.1) is 0 Å². The number of hydrogen-bond donors (Lipinski definition) is 0. The first kappa shape index (κ1) is 33.7. The van der Waals surface area contributed by atoms with E-state index in [4.69, 9.17) is 0 Å². The van der Waals surface area contributed by atoms with E-state index in [2.05, 4.69) is 171 Å². The Balaban J connectivity index is 1.37. The van der Waals surface area contributed by atoms with Crippen molar-refractivity contribution in [1.29, 1.82) is 0 Å². The number of nitrogens with zero attached hydrogens (tertiary/aromatic N) is 3. The lowest BCUT2D eigenvalue weighted by molar-refractivity contribution is 0.592. The predicted molar refractivity (Wildman–Crippen MR) is 249 cm³/mol. The second-order valence-electron chi connectivity index (χ2n) is 15.2. The van der Waals surface area contributed by atoms with Crippen molar-refractivity contribution in [3.05, 3.63) is 218 Å². The molecule has 9 aromatic carbocycles. The van der Waals surface area contributed by atoms with E-state index in [9.17, 15) is 0 Å². The molecule has 0 atom stereocenters. The molecule has 0 saturated carbocycles. The average molecular weight is 774 g/mol. The molecule has 4 nitrogen and oxygen atoms in total. The van der Waals surface area contributed by atoms with Crippen LogP contribution in [0.4, 0.5) is 0 Å². The van der Waals surface area contributed by atoms with Gasteiger partial charge in [0.1, 0.15) is 0 Å². The van der Waals surface area contributed by atoms with Gasteiger partial charge in [0, 0.05) is 48.2 Å². The maximum atomic E-state index is 16.7. The molecule has 12 aromatic rings. The van der Waals surface area contributed by atoms with Crippen LogP contribution in [0.5, 0.6) is 0 Å². The zero-order chi connectivity index (χ0) is 39.1. The molecule has 0 aliphatic carbocycles. The minimum Gasteiger partial charge on any atom is -0.309 e. The van der Waals surface area contributed by atoms with E-state index < -0.39 is 7.14 Å². The van der Waals surface area contributed by atoms with Crippen LogP contribution in [0.2, 0.25) is 0 Å². The van der Waals surface area contributed by atoms with Crippen molar-refractivity contribution in [2.75, 3.05) is 0 Å². The highest BCUT2D eigenvalue weighted by Gasteiger charge is 2.34. The van der Waals surface area contributed by atoms with E-state index >= 15 is 4.57 Å². The summed E-state index contributed by atoms with van der Waals surface area (Å²) < 4.78 is 24.0. The van der Waals surface area contributed by atoms with E-state index in [0.29, 0.717) is 0 Å². The highest BCUT2D eigenvalue weighted by atomic mass is 31.2. The molecule has 0 bridgehead atoms. The highest BCUT2D eigenvalue weighted by molar-refractivity contribution is 7.85. The van der Waals surface area contributed by atoms with Crippen molar-refractivity contribution in [2.24, 2.45) is 0 Å². The molecule has 0 unspecified atom stereocenters. The van der Waals surface area contributed by atoms with Gasteiger partial charge in [0.25, 0.3) is 0 Å². The number of rotatable bonds is 6. The summed E-state index contributed by atoms with van der Waals surface area (Å²) >= 11 is 0. The molecule has 5 heteroatoms. The Bertz CT molecular complexity index is 3310. The molecule has 0 aliphatic heterocycles. The number of hydrogen-bond acceptors (Lipinski definition) is 1. The predicted octanol–water partition coefficient (Wildman–Crippen LogP) is 12.6. The maximum absolute atomic E-state index is 16.7. The molecule has 12 rings (SSSR count). The van der Waals surface area contributed by atoms with Gasteiger partial charge >= 0.3 is 0 Å². The third kappa shape index (κ3) is 4.88. The Kier molecular flexibility index (Phi) is 7.47. The van der Waals surface area contributed by atoms with Crippen molar-refractivity contribution in [2.45, 2.75) is 0 Å². The van der Waals surface area contributed by atoms with Crippen molar-refractivity contribution < 1.29 is 4.57 Å². The second kappa shape index (κ2) is 13.1. The average Bonchev–Trinajstić information content (AvgIpc) is 3.95. The molecule has 0 amide bonds. The minimum absolute atomic E-state index is 0.758. The molecule has 0 fully saturated rings. The van der Waals surface area contributed by atoms with Crippen LogP contribution in [0.25, 0.3) is 82.5 Å². The number of para-hydroxylation sites is 6. The van der Waals surface area contributed by atoms with Gasteiger partial charge in [-0.05, 0) is 48.5 Å². The SMILES string of the molecule is O=P(c1ccccc1)(c1ccccc1)c1cc(-n2c3ccccc3c3ccccc32)c(-n2c3ccccc3c3ccccc32)c(-n2c3ccccc3c3ccccc32)c1. The summed E-state index contributed by atoms with van der Waals surface area (Å²) in [5.41, 5.74) is 9.39. The van der Waals surface area contributed by atoms with E-state index in [1.807, 2.05) is 60.7 Å². The lowest BCUT2D eigenvalue weighted by Crippen LogP contribution is -2.26. The van der Waals surface area contributed by atoms with Crippen LogP contribution in [-0.4, -0.2) is 13.7 Å². The lowest BCUT2D eigenvalue weighted by Gasteiger charge is -2.26. The lowest BCUT2D eigenvalue weighted by atomic mass is 10.1. The largest absolute Gasteiger partial charge is 0.309 e. The summed E-state index contributed by atoms with van der Waals surface area (Å²) in [6.45, 7) is 0. The van der Waals surface area contributed by atoms with Gasteiger partial charge < -0.3 is 18.3 Å². The van der Waals surface area contributed by atoms with Crippen LogP contribution in [0.15, 0.2) is 218 Å². The van der Waals surface area contributed by atoms with Gasteiger partial charge in [-0.1, -0.05) is 170 Å². The Labute approximate surface area is 340 Å². The molecular formula is C54H36N3OP. The van der Waals surface area contributed by atoms with E-state index in [1.165, 1.54) is 10.8 Å². The summed E-state index contributed by atoms with van der Waals surface area (Å²) in [6, 6.07) is 76.6. The van der Waals surface area contributed by atoms with Gasteiger partial charge in [-0.3, -0.25) is 0 Å². The second-order valence-corrected chi connectivity index (χ2v) is 18.0. The van der Waals surface area contributed by atoms with Crippen LogP contribution in [0.3, 0.4) is 0 Å². The van der Waals surface area contributed by atoms with Crippen LogP contribution in [-0.2, 0) is 4.57 Å². The summed E-state index contributed by atoms with van der Waals surface area (Å²) in [7, 11) is -3.50. The zero-order valence-electron chi connectivity index (χ0n) is 32.0. The molecule has 0 saturated heterocycles. The van der Waals surface area contributed by atoms with E-state index in [1.54, 1.807) is 0 Å². The first-order chi connectivity index (χ1) is 29.2. The number of aromatic nitrogens is 3. The van der Waals surface area contributed by atoms with Crippen molar-refractivity contribution in [3.63, 3.8) is 0 Å². The fourth-order valence-corrected chi connectivity index (χ4v) is 12.3. The maximum Gasteiger partial charge on any atom is 0.171 e. The number of benzene rings is 9. The van der Waals surface area contributed by atoms with Crippen LogP contribution in [0.1, 0.15) is 0 Å². The Morgan fingerprint density at radius 1 is 0.271 bits per heavy atom. The molecular weight excluding hydrogens is 738 g/mol. The molecule has 0 N–H and O–H groups in total. The third-order valence-electron chi connectivity index (χ3n) is 12.1. The highest BCUT2D eigenvalue weighted by Crippen LogP contribution is 2.48. The Morgan fingerprint density at radius 3 is 0.831 bits per heavy atom. The Morgan fingerprint density at radius 2 is 0.525 bits per heavy atom. The molecule has 0 radical (unpaired) electrons. The number of fused-ring (bicyclic) bond motifs is 9. The van der Waals surface area contributed by atoms with Crippen LogP contribution >= 0.6 is 7.14 Å². The van der Waals surface area contributed by atoms with E-state index in [0.717, 1.165) is 87.6 Å². The fraction of sp³-hybridized carbons (Fsp3) is 0. The molecule has 0 spiro atoms. The fourth-order valence-electron chi connectivity index (χ4n) is 9.59. The monoisotopic (exact) mass is 773 g/mol. The van der Waals surface area contributed by atoms with Gasteiger partial charge in [0.15, 0.2) is 7.14 Å². The molecule has 3 heterocycles. The smallest absolute Gasteiger partial charge is 0.171 e. The van der Waals surface area contributed by atoms with Gasteiger partial charge in [0.05, 0.1) is 50.2 Å².